The minimum atomic E-state index is 0.435. The molecule has 1 fully saturated rings. The van der Waals surface area contributed by atoms with Gasteiger partial charge in [0.05, 0.1) is 6.10 Å². The Labute approximate surface area is 115 Å². The van der Waals surface area contributed by atoms with E-state index in [4.69, 9.17) is 4.74 Å². The van der Waals surface area contributed by atoms with Crippen LogP contribution in [0.25, 0.3) is 0 Å². The molecular weight excluding hydrogens is 242 g/mol. The van der Waals surface area contributed by atoms with Crippen molar-refractivity contribution >= 4 is 11.3 Å². The van der Waals surface area contributed by atoms with Crippen LogP contribution in [-0.2, 0) is 17.7 Å². The third kappa shape index (κ3) is 3.56. The first-order valence-corrected chi connectivity index (χ1v) is 7.99. The Morgan fingerprint density at radius 2 is 2.33 bits per heavy atom. The summed E-state index contributed by atoms with van der Waals surface area (Å²) in [5.74, 6) is 0.627. The Kier molecular flexibility index (Phi) is 5.22. The van der Waals surface area contributed by atoms with Crippen molar-refractivity contribution in [1.29, 1.82) is 0 Å². The van der Waals surface area contributed by atoms with Gasteiger partial charge in [0.15, 0.2) is 0 Å². The highest BCUT2D eigenvalue weighted by atomic mass is 32.1. The molecule has 0 aromatic carbocycles. The first-order valence-electron chi connectivity index (χ1n) is 7.11. The molecule has 2 unspecified atom stereocenters. The number of ether oxygens (including phenoxy) is 1. The van der Waals surface area contributed by atoms with Crippen molar-refractivity contribution < 1.29 is 4.74 Å². The topological polar surface area (TPSA) is 21.3 Å². The number of hydrogen-bond donors (Lipinski definition) is 1. The standard InChI is InChI=1S/C15H25NOS/c1-4-12-6-8-18-15(12)10-16-13-5-7-17-14(9-13)11(2)3/h6,8,11,13-14,16H,4-5,7,9-10H2,1-3H3. The number of hydrogen-bond acceptors (Lipinski definition) is 3. The third-order valence-electron chi connectivity index (χ3n) is 3.83. The fourth-order valence-electron chi connectivity index (χ4n) is 2.55. The van der Waals surface area contributed by atoms with E-state index in [1.807, 2.05) is 11.3 Å². The molecule has 1 saturated heterocycles. The Hall–Kier alpha value is -0.380. The molecule has 0 bridgehead atoms. The zero-order valence-corrected chi connectivity index (χ0v) is 12.6. The van der Waals surface area contributed by atoms with Crippen LogP contribution in [0.4, 0.5) is 0 Å². The molecule has 102 valence electrons. The number of rotatable bonds is 5. The van der Waals surface area contributed by atoms with Crippen molar-refractivity contribution in [2.45, 2.75) is 58.7 Å². The van der Waals surface area contributed by atoms with E-state index in [1.165, 1.54) is 10.4 Å². The van der Waals surface area contributed by atoms with Crippen molar-refractivity contribution in [3.05, 3.63) is 21.9 Å². The second-order valence-electron chi connectivity index (χ2n) is 5.48. The maximum Gasteiger partial charge on any atom is 0.0612 e. The van der Waals surface area contributed by atoms with E-state index in [0.29, 0.717) is 18.1 Å². The van der Waals surface area contributed by atoms with Crippen molar-refractivity contribution in [1.82, 2.24) is 5.32 Å². The highest BCUT2D eigenvalue weighted by Gasteiger charge is 2.24. The average molecular weight is 267 g/mol. The molecule has 0 saturated carbocycles. The molecule has 0 amide bonds. The second kappa shape index (κ2) is 6.69. The van der Waals surface area contributed by atoms with E-state index in [1.54, 1.807) is 0 Å². The molecule has 18 heavy (non-hydrogen) atoms. The Bertz CT molecular complexity index is 361. The Morgan fingerprint density at radius 3 is 3.06 bits per heavy atom. The van der Waals surface area contributed by atoms with Crippen LogP contribution >= 0.6 is 11.3 Å². The van der Waals surface area contributed by atoms with E-state index in [2.05, 4.69) is 37.5 Å². The molecule has 2 nitrogen and oxygen atoms in total. The first-order chi connectivity index (χ1) is 8.70. The predicted molar refractivity (Wildman–Crippen MR) is 78.1 cm³/mol. The summed E-state index contributed by atoms with van der Waals surface area (Å²) in [6.45, 7) is 8.67. The van der Waals surface area contributed by atoms with Gasteiger partial charge in [-0.25, -0.2) is 0 Å². The zero-order valence-electron chi connectivity index (χ0n) is 11.7. The summed E-state index contributed by atoms with van der Waals surface area (Å²) >= 11 is 1.88. The van der Waals surface area contributed by atoms with Crippen molar-refractivity contribution in [2.24, 2.45) is 5.92 Å². The highest BCUT2D eigenvalue weighted by Crippen LogP contribution is 2.22. The molecular formula is C15H25NOS. The number of thiophene rings is 1. The predicted octanol–water partition coefficient (Wildman–Crippen LogP) is 3.60. The molecule has 2 atom stereocenters. The lowest BCUT2D eigenvalue weighted by Gasteiger charge is -2.32. The van der Waals surface area contributed by atoms with Gasteiger partial charge in [-0.05, 0) is 42.2 Å². The van der Waals surface area contributed by atoms with Crippen LogP contribution in [0.2, 0.25) is 0 Å². The van der Waals surface area contributed by atoms with Gasteiger partial charge in [-0.2, -0.15) is 0 Å². The van der Waals surface area contributed by atoms with Crippen LogP contribution in [0.1, 0.15) is 44.1 Å². The fraction of sp³-hybridized carbons (Fsp3) is 0.733. The number of nitrogens with one attached hydrogen (secondary N) is 1. The lowest BCUT2D eigenvalue weighted by molar-refractivity contribution is -0.0245. The zero-order chi connectivity index (χ0) is 13.0. The first kappa shape index (κ1) is 14.0. The van der Waals surface area contributed by atoms with Gasteiger partial charge in [-0.1, -0.05) is 20.8 Å². The van der Waals surface area contributed by atoms with Gasteiger partial charge in [0.25, 0.3) is 0 Å². The largest absolute Gasteiger partial charge is 0.378 e. The molecule has 1 aliphatic heterocycles. The molecule has 2 rings (SSSR count). The molecule has 1 aliphatic rings. The van der Waals surface area contributed by atoms with Crippen molar-refractivity contribution in [2.75, 3.05) is 6.61 Å². The van der Waals surface area contributed by atoms with Gasteiger partial charge in [0, 0.05) is 24.1 Å². The van der Waals surface area contributed by atoms with Gasteiger partial charge < -0.3 is 10.1 Å². The summed E-state index contributed by atoms with van der Waals surface area (Å²) in [6.07, 6.45) is 3.88. The minimum absolute atomic E-state index is 0.435. The fourth-order valence-corrected chi connectivity index (χ4v) is 3.48. The van der Waals surface area contributed by atoms with Crippen LogP contribution in [0.5, 0.6) is 0 Å². The van der Waals surface area contributed by atoms with Gasteiger partial charge >= 0.3 is 0 Å². The van der Waals surface area contributed by atoms with E-state index < -0.39 is 0 Å². The van der Waals surface area contributed by atoms with Crippen LogP contribution in [0.15, 0.2) is 11.4 Å². The van der Waals surface area contributed by atoms with Gasteiger partial charge in [-0.15, -0.1) is 11.3 Å². The van der Waals surface area contributed by atoms with Crippen LogP contribution in [-0.4, -0.2) is 18.8 Å². The molecule has 0 radical (unpaired) electrons. The summed E-state index contributed by atoms with van der Waals surface area (Å²) in [5, 5.41) is 5.92. The lowest BCUT2D eigenvalue weighted by atomic mass is 9.95. The second-order valence-corrected chi connectivity index (χ2v) is 6.48. The SMILES string of the molecule is CCc1ccsc1CNC1CCOC(C(C)C)C1. The molecule has 0 aliphatic carbocycles. The van der Waals surface area contributed by atoms with Gasteiger partial charge in [0.2, 0.25) is 0 Å². The molecule has 3 heteroatoms. The van der Waals surface area contributed by atoms with E-state index in [0.717, 1.165) is 32.4 Å². The quantitative estimate of drug-likeness (QED) is 0.880. The maximum atomic E-state index is 5.81. The lowest BCUT2D eigenvalue weighted by Crippen LogP contribution is -2.40. The summed E-state index contributed by atoms with van der Waals surface area (Å²) in [5.41, 5.74) is 1.50. The highest BCUT2D eigenvalue weighted by molar-refractivity contribution is 7.10. The summed E-state index contributed by atoms with van der Waals surface area (Å²) in [4.78, 5) is 1.50. The molecule has 1 aromatic rings. The molecule has 0 spiro atoms. The van der Waals surface area contributed by atoms with Crippen molar-refractivity contribution in [3.8, 4) is 0 Å². The Morgan fingerprint density at radius 1 is 1.50 bits per heavy atom. The number of aryl methyl sites for hydroxylation is 1. The molecule has 1 aromatic heterocycles. The van der Waals surface area contributed by atoms with Crippen LogP contribution in [0, 0.1) is 5.92 Å². The van der Waals surface area contributed by atoms with Gasteiger partial charge in [-0.3, -0.25) is 0 Å². The van der Waals surface area contributed by atoms with Crippen molar-refractivity contribution in [3.63, 3.8) is 0 Å². The molecule has 1 N–H and O–H groups in total. The summed E-state index contributed by atoms with van der Waals surface area (Å²) in [7, 11) is 0. The normalized spacial score (nSPS) is 24.7. The minimum Gasteiger partial charge on any atom is -0.378 e. The molecule has 2 heterocycles. The monoisotopic (exact) mass is 267 g/mol. The van der Waals surface area contributed by atoms with E-state index in [-0.39, 0.29) is 0 Å². The van der Waals surface area contributed by atoms with E-state index >= 15 is 0 Å². The average Bonchev–Trinajstić information content (AvgIpc) is 2.84. The van der Waals surface area contributed by atoms with Crippen LogP contribution < -0.4 is 5.32 Å². The third-order valence-corrected chi connectivity index (χ3v) is 4.79. The smallest absolute Gasteiger partial charge is 0.0612 e. The summed E-state index contributed by atoms with van der Waals surface area (Å²) in [6, 6.07) is 2.88. The Balaban J connectivity index is 1.83. The maximum absolute atomic E-state index is 5.81. The van der Waals surface area contributed by atoms with Gasteiger partial charge in [0.1, 0.15) is 0 Å². The summed E-state index contributed by atoms with van der Waals surface area (Å²) < 4.78 is 5.81. The van der Waals surface area contributed by atoms with E-state index in [9.17, 15) is 0 Å². The van der Waals surface area contributed by atoms with Crippen LogP contribution in [0.3, 0.4) is 0 Å².